The minimum atomic E-state index is -2.26. The van der Waals surface area contributed by atoms with Crippen molar-refractivity contribution in [3.05, 3.63) is 0 Å². The first kappa shape index (κ1) is 64.1. The Kier molecular flexibility index (Phi) is 22.6. The quantitative estimate of drug-likeness (QED) is 0.0571. The van der Waals surface area contributed by atoms with Crippen molar-refractivity contribution < 1.29 is 179 Å². The van der Waals surface area contributed by atoms with E-state index in [9.17, 15) is 117 Å². The minimum Gasteiger partial charge on any atom is -0.394 e. The summed E-state index contributed by atoms with van der Waals surface area (Å²) >= 11 is 0. The first-order chi connectivity index (χ1) is 37.0. The highest BCUT2D eigenvalue weighted by atomic mass is 16.8. The summed E-state index contributed by atoms with van der Waals surface area (Å²) in [5.74, 6) is 0. The number of aliphatic hydroxyl groups is 23. The highest BCUT2D eigenvalue weighted by Gasteiger charge is 2.58. The van der Waals surface area contributed by atoms with E-state index in [-0.39, 0.29) is 0 Å². The van der Waals surface area contributed by atoms with Gasteiger partial charge >= 0.3 is 0 Å². The van der Waals surface area contributed by atoms with E-state index >= 15 is 0 Å². The Morgan fingerprint density at radius 1 is 0.192 bits per heavy atom. The fourth-order valence-corrected chi connectivity index (χ4v) is 10.00. The molecule has 456 valence electrons. The van der Waals surface area contributed by atoms with Gasteiger partial charge in [0.25, 0.3) is 0 Å². The SMILES string of the molecule is OC[C@H]1O[C@@H](O[C@H]2[C@H](O)[C@@H](O)[C@H](O[C@H]3[C@H](O)[C@@H](O)[C@H](O[C@@H]4[C@@H](O)[C@H](O[C@H]5[C@H](O)[C@@H](O)[C@H](O[C@H]6[C@H](O)[C@@H](O)[C@H](O[C@H]7[C@H](O)[C@@H](CO)OC(O)[C@H]7O)O[C@@H]6CO)O[C@@H]5CO)O[C@H](CO)[C@H]4O)O[C@@H]3CO)O[C@@H]2CO)[C@H](O)[C@@H](O)[C@@H]1O. The second-order valence-corrected chi connectivity index (χ2v) is 19.6. The fourth-order valence-electron chi connectivity index (χ4n) is 10.00. The first-order valence-electron chi connectivity index (χ1n) is 24.7. The van der Waals surface area contributed by atoms with Crippen molar-refractivity contribution in [2.45, 2.75) is 215 Å². The summed E-state index contributed by atoms with van der Waals surface area (Å²) in [7, 11) is 0. The second-order valence-electron chi connectivity index (χ2n) is 19.6. The van der Waals surface area contributed by atoms with Gasteiger partial charge in [0.2, 0.25) is 0 Å². The summed E-state index contributed by atoms with van der Waals surface area (Å²) in [6.07, 6.45) is -68.1. The van der Waals surface area contributed by atoms with E-state index < -0.39 is 261 Å². The van der Waals surface area contributed by atoms with Gasteiger partial charge in [-0.1, -0.05) is 0 Å². The lowest BCUT2D eigenvalue weighted by atomic mass is 9.95. The number of hydrogen-bond donors (Lipinski definition) is 23. The van der Waals surface area contributed by atoms with Crippen LogP contribution in [-0.4, -0.2) is 379 Å². The molecule has 23 N–H and O–H groups in total. The molecule has 7 aliphatic rings. The van der Waals surface area contributed by atoms with Crippen molar-refractivity contribution in [2.75, 3.05) is 46.2 Å². The average Bonchev–Trinajstić information content (AvgIpc) is 3.44. The predicted molar refractivity (Wildman–Crippen MR) is 232 cm³/mol. The normalized spacial score (nSPS) is 53.5. The zero-order valence-electron chi connectivity index (χ0n) is 40.8. The van der Waals surface area contributed by atoms with Crippen LogP contribution in [0, 0.1) is 0 Å². The predicted octanol–water partition coefficient (Wildman–Crippen LogP) is -16.3. The molecule has 0 amide bonds. The molecule has 0 aromatic heterocycles. The molecule has 0 aromatic carbocycles. The van der Waals surface area contributed by atoms with Crippen LogP contribution in [0.1, 0.15) is 0 Å². The molecule has 7 aliphatic heterocycles. The molecule has 7 fully saturated rings. The average molecular weight is 1150 g/mol. The van der Waals surface area contributed by atoms with E-state index in [1.165, 1.54) is 0 Å². The summed E-state index contributed by atoms with van der Waals surface area (Å²) in [6, 6.07) is 0. The van der Waals surface area contributed by atoms with Crippen molar-refractivity contribution in [2.24, 2.45) is 0 Å². The molecule has 0 aliphatic carbocycles. The monoisotopic (exact) mass is 1150 g/mol. The van der Waals surface area contributed by atoms with Crippen molar-refractivity contribution in [3.8, 4) is 0 Å². The largest absolute Gasteiger partial charge is 0.394 e. The number of rotatable bonds is 19. The minimum absolute atomic E-state index is 0.846. The Labute approximate surface area is 439 Å². The molecule has 36 nitrogen and oxygen atoms in total. The second kappa shape index (κ2) is 27.5. The molecule has 0 aromatic rings. The van der Waals surface area contributed by atoms with Gasteiger partial charge in [-0.25, -0.2) is 0 Å². The summed E-state index contributed by atoms with van der Waals surface area (Å²) in [4.78, 5) is 0. The standard InChI is InChI=1S/C42H72O36/c43-1-8-15(50)18(53)23(58)37(67-8)73-30-11(4-46)69-38(24(59)19(30)54)75-32-13(6-48)72-41(27(62)22(32)57)78-35-17(52)10(3-45)68-42(29(35)64)76-33-14(7-49)70-39(25(60)20(33)55)74-31-12(5-47)71-40(26(61)21(31)56)77-34-16(51)9(2-44)66-36(65)28(34)63/h8-65H,1-7H2/t8-,9-,10-,11-,12-,13-,14-,15-,16-,17-,18+,19-,20-,21-,22-,23-,24-,25-,26-,27-,28+,29-,30-,31-,32-,33-,34+,35+,36?,37+,38+,39+,40+,41+,42+/m1/s1. The maximum Gasteiger partial charge on any atom is 0.187 e. The van der Waals surface area contributed by atoms with Crippen molar-refractivity contribution in [1.82, 2.24) is 0 Å². The molecule has 1 unspecified atom stereocenters. The van der Waals surface area contributed by atoms with Crippen LogP contribution in [0.3, 0.4) is 0 Å². The van der Waals surface area contributed by atoms with Crippen molar-refractivity contribution in [1.29, 1.82) is 0 Å². The summed E-state index contributed by atoms with van der Waals surface area (Å²) in [5.41, 5.74) is 0. The molecule has 0 bridgehead atoms. The molecule has 7 heterocycles. The summed E-state index contributed by atoms with van der Waals surface area (Å²) in [6.45, 7) is -6.89. The zero-order chi connectivity index (χ0) is 57.3. The summed E-state index contributed by atoms with van der Waals surface area (Å²) < 4.78 is 71.8. The Morgan fingerprint density at radius 3 is 0.705 bits per heavy atom. The highest BCUT2D eigenvalue weighted by molar-refractivity contribution is 5.01. The molecule has 0 spiro atoms. The van der Waals surface area contributed by atoms with E-state index in [0.29, 0.717) is 0 Å². The van der Waals surface area contributed by atoms with Gasteiger partial charge < -0.3 is 179 Å². The third kappa shape index (κ3) is 12.9. The van der Waals surface area contributed by atoms with E-state index in [4.69, 9.17) is 61.6 Å². The smallest absolute Gasteiger partial charge is 0.187 e. The van der Waals surface area contributed by atoms with Gasteiger partial charge in [-0.15, -0.1) is 0 Å². The van der Waals surface area contributed by atoms with Gasteiger partial charge in [0.15, 0.2) is 44.0 Å². The third-order valence-electron chi connectivity index (χ3n) is 14.5. The lowest BCUT2D eigenvalue weighted by Gasteiger charge is -2.50. The zero-order valence-corrected chi connectivity index (χ0v) is 40.8. The molecule has 36 heteroatoms. The number of ether oxygens (including phenoxy) is 13. The van der Waals surface area contributed by atoms with Crippen molar-refractivity contribution >= 4 is 0 Å². The van der Waals surface area contributed by atoms with Gasteiger partial charge in [0.05, 0.1) is 46.2 Å². The van der Waals surface area contributed by atoms with Crippen LogP contribution in [-0.2, 0) is 61.6 Å². The van der Waals surface area contributed by atoms with Gasteiger partial charge in [0.1, 0.15) is 171 Å². The Bertz CT molecular complexity index is 1810. The molecule has 7 saturated heterocycles. The van der Waals surface area contributed by atoms with E-state index in [0.717, 1.165) is 0 Å². The summed E-state index contributed by atoms with van der Waals surface area (Å²) in [5, 5.41) is 244. The van der Waals surface area contributed by atoms with Crippen LogP contribution in [0.2, 0.25) is 0 Å². The van der Waals surface area contributed by atoms with Crippen LogP contribution in [0.5, 0.6) is 0 Å². The molecular formula is C42H72O36. The maximum atomic E-state index is 11.5. The first-order valence-corrected chi connectivity index (χ1v) is 24.7. The van der Waals surface area contributed by atoms with E-state index in [1.807, 2.05) is 0 Å². The fraction of sp³-hybridized carbons (Fsp3) is 1.00. The highest BCUT2D eigenvalue weighted by Crippen LogP contribution is 2.38. The topological polar surface area (TPSA) is 585 Å². The van der Waals surface area contributed by atoms with Gasteiger partial charge in [0, 0.05) is 0 Å². The maximum absolute atomic E-state index is 11.5. The van der Waals surface area contributed by atoms with Gasteiger partial charge in [-0.2, -0.15) is 0 Å². The van der Waals surface area contributed by atoms with Gasteiger partial charge in [-0.3, -0.25) is 0 Å². The lowest BCUT2D eigenvalue weighted by Crippen LogP contribution is -2.68. The molecule has 7 rings (SSSR count). The van der Waals surface area contributed by atoms with Crippen LogP contribution < -0.4 is 0 Å². The van der Waals surface area contributed by atoms with E-state index in [1.54, 1.807) is 0 Å². The van der Waals surface area contributed by atoms with Crippen LogP contribution in [0.15, 0.2) is 0 Å². The van der Waals surface area contributed by atoms with Crippen LogP contribution in [0.4, 0.5) is 0 Å². The van der Waals surface area contributed by atoms with Gasteiger partial charge in [-0.05, 0) is 0 Å². The van der Waals surface area contributed by atoms with E-state index in [2.05, 4.69) is 0 Å². The Morgan fingerprint density at radius 2 is 0.410 bits per heavy atom. The third-order valence-corrected chi connectivity index (χ3v) is 14.5. The van der Waals surface area contributed by atoms with Crippen LogP contribution in [0.25, 0.3) is 0 Å². The number of aliphatic hydroxyl groups excluding tert-OH is 23. The molecular weight excluding hydrogens is 1080 g/mol. The molecule has 0 radical (unpaired) electrons. The molecule has 0 saturated carbocycles. The lowest BCUT2D eigenvalue weighted by molar-refractivity contribution is -0.398. The Balaban J connectivity index is 0.976. The molecule has 78 heavy (non-hydrogen) atoms. The molecule has 35 atom stereocenters. The Hall–Kier alpha value is -1.44. The van der Waals surface area contributed by atoms with Crippen molar-refractivity contribution in [3.63, 3.8) is 0 Å². The van der Waals surface area contributed by atoms with Crippen LogP contribution >= 0.6 is 0 Å². The number of hydrogen-bond acceptors (Lipinski definition) is 36.